The van der Waals surface area contributed by atoms with Crippen LogP contribution >= 0.6 is 11.8 Å². The molecule has 2 aromatic heterocycles. The highest BCUT2D eigenvalue weighted by Gasteiger charge is 2.44. The summed E-state index contributed by atoms with van der Waals surface area (Å²) in [5.74, 6) is -0.437. The lowest BCUT2D eigenvalue weighted by atomic mass is 9.90. The number of imidazole rings is 1. The first-order chi connectivity index (χ1) is 10.3. The molecule has 4 rings (SSSR count). The smallest absolute Gasteiger partial charge is 0.181 e. The van der Waals surface area contributed by atoms with Crippen molar-refractivity contribution in [3.05, 3.63) is 12.7 Å². The van der Waals surface area contributed by atoms with Crippen LogP contribution in [-0.4, -0.2) is 50.2 Å². The van der Waals surface area contributed by atoms with Gasteiger partial charge in [0.25, 0.3) is 0 Å². The minimum Gasteiger partial charge on any atom is -0.347 e. The highest BCUT2D eigenvalue weighted by molar-refractivity contribution is 8.00. The van der Waals surface area contributed by atoms with E-state index in [1.165, 1.54) is 6.33 Å². The minimum absolute atomic E-state index is 0.112. The second kappa shape index (κ2) is 5.20. The van der Waals surface area contributed by atoms with Crippen LogP contribution in [0.1, 0.15) is 19.3 Å². The molecule has 21 heavy (non-hydrogen) atoms. The minimum atomic E-state index is -0.437. The third-order valence-corrected chi connectivity index (χ3v) is 5.46. The van der Waals surface area contributed by atoms with E-state index in [-0.39, 0.29) is 11.3 Å². The summed E-state index contributed by atoms with van der Waals surface area (Å²) in [4.78, 5) is 15.8. The van der Waals surface area contributed by atoms with E-state index in [1.54, 1.807) is 18.1 Å². The molecular formula is C13H17N5O2S. The lowest BCUT2D eigenvalue weighted by Crippen LogP contribution is -2.47. The summed E-state index contributed by atoms with van der Waals surface area (Å²) in [6.45, 7) is 1.34. The van der Waals surface area contributed by atoms with Crippen molar-refractivity contribution in [1.29, 1.82) is 0 Å². The van der Waals surface area contributed by atoms with Crippen molar-refractivity contribution in [3.8, 4) is 0 Å². The fourth-order valence-electron chi connectivity index (χ4n) is 3.00. The van der Waals surface area contributed by atoms with E-state index in [1.807, 2.05) is 0 Å². The lowest BCUT2D eigenvalue weighted by Gasteiger charge is -2.39. The molecule has 2 aliphatic rings. The molecule has 112 valence electrons. The number of aromatic amines is 1. The van der Waals surface area contributed by atoms with E-state index < -0.39 is 5.79 Å². The average Bonchev–Trinajstić information content (AvgIpc) is 3.13. The van der Waals surface area contributed by atoms with Gasteiger partial charge >= 0.3 is 0 Å². The van der Waals surface area contributed by atoms with Crippen molar-refractivity contribution < 1.29 is 9.47 Å². The van der Waals surface area contributed by atoms with Crippen LogP contribution in [0.3, 0.4) is 0 Å². The monoisotopic (exact) mass is 307 g/mol. The number of rotatable bonds is 2. The molecule has 3 heterocycles. The third kappa shape index (κ3) is 2.42. The number of H-pyrrole nitrogens is 1. The van der Waals surface area contributed by atoms with Gasteiger partial charge in [-0.3, -0.25) is 0 Å². The summed E-state index contributed by atoms with van der Waals surface area (Å²) >= 11 is 1.66. The number of aromatic nitrogens is 4. The van der Waals surface area contributed by atoms with Gasteiger partial charge in [0, 0.05) is 24.1 Å². The Morgan fingerprint density at radius 2 is 2.14 bits per heavy atom. The second-order valence-electron chi connectivity index (χ2n) is 5.45. The molecule has 0 bridgehead atoms. The van der Waals surface area contributed by atoms with E-state index in [4.69, 9.17) is 15.2 Å². The maximum Gasteiger partial charge on any atom is 0.181 e. The maximum absolute atomic E-state index is 6.30. The number of nitrogens with one attached hydrogen (secondary N) is 1. The normalized spacial score (nSPS) is 28.4. The van der Waals surface area contributed by atoms with Gasteiger partial charge in [-0.2, -0.15) is 0 Å². The maximum atomic E-state index is 6.30. The Morgan fingerprint density at radius 3 is 3.00 bits per heavy atom. The van der Waals surface area contributed by atoms with Crippen LogP contribution in [0.15, 0.2) is 17.7 Å². The Morgan fingerprint density at radius 1 is 1.29 bits per heavy atom. The van der Waals surface area contributed by atoms with E-state index in [9.17, 15) is 0 Å². The molecule has 2 fully saturated rings. The highest BCUT2D eigenvalue weighted by atomic mass is 32.2. The Labute approximate surface area is 126 Å². The molecule has 2 atom stereocenters. The zero-order valence-electron chi connectivity index (χ0n) is 11.5. The standard InChI is InChI=1S/C13H17N5O2S/c14-8-1-2-13(19-3-4-20-13)5-9(8)21-12-10-11(16-6-15-10)17-7-18-12/h6-9H,1-5,14H2,(H,15,16,17,18). The molecule has 2 unspecified atom stereocenters. The van der Waals surface area contributed by atoms with Gasteiger partial charge in [-0.05, 0) is 6.42 Å². The van der Waals surface area contributed by atoms with Crippen LogP contribution in [0.25, 0.3) is 11.2 Å². The van der Waals surface area contributed by atoms with Crippen LogP contribution in [-0.2, 0) is 9.47 Å². The van der Waals surface area contributed by atoms with Gasteiger partial charge in [-0.25, -0.2) is 15.0 Å². The number of nitrogens with two attached hydrogens (primary N) is 1. The van der Waals surface area contributed by atoms with E-state index in [2.05, 4.69) is 19.9 Å². The second-order valence-corrected chi connectivity index (χ2v) is 6.68. The number of hydrogen-bond donors (Lipinski definition) is 2. The Hall–Kier alpha value is -1.22. The van der Waals surface area contributed by atoms with Crippen molar-refractivity contribution in [2.45, 2.75) is 41.4 Å². The Kier molecular flexibility index (Phi) is 3.33. The molecule has 2 aromatic rings. The van der Waals surface area contributed by atoms with E-state index >= 15 is 0 Å². The molecule has 1 aliphatic heterocycles. The molecule has 1 spiro atoms. The van der Waals surface area contributed by atoms with Gasteiger partial charge < -0.3 is 20.2 Å². The molecule has 1 aliphatic carbocycles. The average molecular weight is 307 g/mol. The largest absolute Gasteiger partial charge is 0.347 e. The van der Waals surface area contributed by atoms with Crippen molar-refractivity contribution in [2.75, 3.05) is 13.2 Å². The van der Waals surface area contributed by atoms with Gasteiger partial charge in [0.2, 0.25) is 0 Å². The quantitative estimate of drug-likeness (QED) is 0.800. The summed E-state index contributed by atoms with van der Waals surface area (Å²) in [6.07, 6.45) is 5.73. The van der Waals surface area contributed by atoms with Gasteiger partial charge in [0.1, 0.15) is 16.9 Å². The van der Waals surface area contributed by atoms with E-state index in [0.29, 0.717) is 18.9 Å². The fraction of sp³-hybridized carbons (Fsp3) is 0.615. The summed E-state index contributed by atoms with van der Waals surface area (Å²) in [5, 5.41) is 1.09. The SMILES string of the molecule is NC1CCC2(CC1Sc1ncnc3nc[nH]c13)OCCO2. The van der Waals surface area contributed by atoms with Crippen LogP contribution in [0, 0.1) is 0 Å². The van der Waals surface area contributed by atoms with Gasteiger partial charge in [0.05, 0.1) is 19.5 Å². The molecular weight excluding hydrogens is 290 g/mol. The molecule has 1 saturated heterocycles. The lowest BCUT2D eigenvalue weighted by molar-refractivity contribution is -0.176. The molecule has 0 radical (unpaired) electrons. The summed E-state index contributed by atoms with van der Waals surface area (Å²) < 4.78 is 11.7. The topological polar surface area (TPSA) is 98.9 Å². The van der Waals surface area contributed by atoms with Crippen molar-refractivity contribution in [2.24, 2.45) is 5.73 Å². The Balaban J connectivity index is 1.58. The van der Waals surface area contributed by atoms with Gasteiger partial charge in [-0.1, -0.05) is 11.8 Å². The van der Waals surface area contributed by atoms with Crippen LogP contribution in [0.4, 0.5) is 0 Å². The zero-order chi connectivity index (χ0) is 14.3. The molecule has 0 amide bonds. The van der Waals surface area contributed by atoms with Crippen molar-refractivity contribution in [3.63, 3.8) is 0 Å². The first-order valence-corrected chi connectivity index (χ1v) is 7.98. The summed E-state index contributed by atoms with van der Waals surface area (Å²) in [5.41, 5.74) is 7.84. The van der Waals surface area contributed by atoms with Gasteiger partial charge in [0.15, 0.2) is 11.4 Å². The van der Waals surface area contributed by atoms with Crippen LogP contribution in [0.2, 0.25) is 0 Å². The summed E-state index contributed by atoms with van der Waals surface area (Å²) in [6, 6.07) is 0.112. The Bertz CT molecular complexity index is 642. The van der Waals surface area contributed by atoms with E-state index in [0.717, 1.165) is 29.8 Å². The predicted octanol–water partition coefficient (Wildman–Crippen LogP) is 1.07. The van der Waals surface area contributed by atoms with Gasteiger partial charge in [-0.15, -0.1) is 0 Å². The molecule has 1 saturated carbocycles. The first kappa shape index (κ1) is 13.4. The van der Waals surface area contributed by atoms with Crippen molar-refractivity contribution >= 4 is 22.9 Å². The number of ether oxygens (including phenoxy) is 2. The number of thioether (sulfide) groups is 1. The number of nitrogens with zero attached hydrogens (tertiary/aromatic N) is 3. The molecule has 7 nitrogen and oxygen atoms in total. The zero-order valence-corrected chi connectivity index (χ0v) is 12.3. The molecule has 0 aromatic carbocycles. The molecule has 3 N–H and O–H groups in total. The van der Waals surface area contributed by atoms with Crippen LogP contribution < -0.4 is 5.73 Å². The number of hydrogen-bond acceptors (Lipinski definition) is 7. The first-order valence-electron chi connectivity index (χ1n) is 7.10. The molecule has 8 heteroatoms. The highest BCUT2D eigenvalue weighted by Crippen LogP contribution is 2.42. The van der Waals surface area contributed by atoms with Crippen molar-refractivity contribution in [1.82, 2.24) is 19.9 Å². The predicted molar refractivity (Wildman–Crippen MR) is 77.8 cm³/mol. The summed E-state index contributed by atoms with van der Waals surface area (Å²) in [7, 11) is 0. The van der Waals surface area contributed by atoms with Crippen LogP contribution in [0.5, 0.6) is 0 Å². The third-order valence-electron chi connectivity index (χ3n) is 4.11. The fourth-order valence-corrected chi connectivity index (χ4v) is 4.31. The number of fused-ring (bicyclic) bond motifs is 1.